The molecule has 2 saturated carbocycles. The Bertz CT molecular complexity index is 1070. The molecule has 34 heavy (non-hydrogen) atoms. The molecule has 6 rings (SSSR count). The van der Waals surface area contributed by atoms with Gasteiger partial charge in [-0.1, -0.05) is 56.7 Å². The first-order valence-corrected chi connectivity index (χ1v) is 13.5. The minimum absolute atomic E-state index is 0.0795. The summed E-state index contributed by atoms with van der Waals surface area (Å²) >= 11 is 0. The maximum atomic E-state index is 11.7. The number of hydrogen-bond donors (Lipinski definition) is 0. The highest BCUT2D eigenvalue weighted by Gasteiger charge is 2.59. The van der Waals surface area contributed by atoms with Crippen LogP contribution in [-0.2, 0) is 14.9 Å². The number of benzene rings is 1. The average molecular weight is 461 g/mol. The minimum Gasteiger partial charge on any atom is -0.492 e. The summed E-state index contributed by atoms with van der Waals surface area (Å²) in [6, 6.07) is 8.59. The van der Waals surface area contributed by atoms with Crippen molar-refractivity contribution < 1.29 is 14.3 Å². The van der Waals surface area contributed by atoms with E-state index in [1.54, 1.807) is 18.1 Å². The lowest BCUT2D eigenvalue weighted by Gasteiger charge is -2.57. The molecule has 1 aliphatic heterocycles. The van der Waals surface area contributed by atoms with Gasteiger partial charge in [-0.25, -0.2) is 0 Å². The number of allylic oxidation sites excluding steroid dienone is 4. The summed E-state index contributed by atoms with van der Waals surface area (Å²) in [6.45, 7) is 9.70. The van der Waals surface area contributed by atoms with E-state index >= 15 is 0 Å². The minimum atomic E-state index is -0.110. The third kappa shape index (κ3) is 3.25. The first kappa shape index (κ1) is 22.4. The van der Waals surface area contributed by atoms with Crippen LogP contribution in [0.2, 0.25) is 0 Å². The predicted molar refractivity (Wildman–Crippen MR) is 135 cm³/mol. The second-order valence-electron chi connectivity index (χ2n) is 12.7. The fourth-order valence-electron chi connectivity index (χ4n) is 8.92. The zero-order valence-corrected chi connectivity index (χ0v) is 21.4. The normalized spacial score (nSPS) is 42.4. The number of esters is 1. The summed E-state index contributed by atoms with van der Waals surface area (Å²) in [7, 11) is 0. The van der Waals surface area contributed by atoms with Crippen molar-refractivity contribution in [2.75, 3.05) is 6.61 Å². The highest BCUT2D eigenvalue weighted by atomic mass is 16.5. The zero-order chi connectivity index (χ0) is 23.7. The largest absolute Gasteiger partial charge is 0.492 e. The van der Waals surface area contributed by atoms with E-state index in [-0.39, 0.29) is 28.3 Å². The van der Waals surface area contributed by atoms with Crippen LogP contribution in [0, 0.1) is 28.6 Å². The molecular weight excluding hydrogens is 420 g/mol. The molecule has 1 heterocycles. The zero-order valence-electron chi connectivity index (χ0n) is 21.4. The molecule has 7 atom stereocenters. The third-order valence-electron chi connectivity index (χ3n) is 10.8. The number of para-hydroxylation sites is 1. The van der Waals surface area contributed by atoms with Gasteiger partial charge < -0.3 is 9.47 Å². The second-order valence-corrected chi connectivity index (χ2v) is 12.7. The number of rotatable bonds is 3. The van der Waals surface area contributed by atoms with E-state index in [0.29, 0.717) is 5.92 Å². The molecule has 0 aromatic heterocycles. The summed E-state index contributed by atoms with van der Waals surface area (Å²) in [5.41, 5.74) is 5.10. The van der Waals surface area contributed by atoms with Crippen molar-refractivity contribution in [3.05, 3.63) is 53.1 Å². The van der Waals surface area contributed by atoms with Crippen LogP contribution in [0.3, 0.4) is 0 Å². The molecule has 0 amide bonds. The van der Waals surface area contributed by atoms with Crippen molar-refractivity contribution in [2.45, 2.75) is 90.6 Å². The molecule has 5 aliphatic rings. The summed E-state index contributed by atoms with van der Waals surface area (Å²) < 4.78 is 11.9. The Labute approximate surface area is 205 Å². The molecule has 0 unspecified atom stereocenters. The Balaban J connectivity index is 1.24. The smallest absolute Gasteiger partial charge is 0.302 e. The van der Waals surface area contributed by atoms with Crippen LogP contribution in [0.5, 0.6) is 5.75 Å². The van der Waals surface area contributed by atoms with Crippen LogP contribution in [0.4, 0.5) is 0 Å². The van der Waals surface area contributed by atoms with Gasteiger partial charge in [0, 0.05) is 23.3 Å². The van der Waals surface area contributed by atoms with E-state index in [1.165, 1.54) is 44.1 Å². The van der Waals surface area contributed by atoms with Gasteiger partial charge in [0.25, 0.3) is 0 Å². The Kier molecular flexibility index (Phi) is 5.10. The summed E-state index contributed by atoms with van der Waals surface area (Å²) in [5, 5.41) is 0. The Morgan fingerprint density at radius 2 is 1.91 bits per heavy atom. The van der Waals surface area contributed by atoms with Crippen LogP contribution < -0.4 is 4.74 Å². The predicted octanol–water partition coefficient (Wildman–Crippen LogP) is 7.16. The van der Waals surface area contributed by atoms with E-state index in [4.69, 9.17) is 9.47 Å². The molecule has 2 fully saturated rings. The van der Waals surface area contributed by atoms with Crippen LogP contribution in [0.1, 0.15) is 84.6 Å². The SMILES string of the molecule is CC(=O)O[C@H]1CC[C@H]2[C@@H]3CC=C4C=C(C[C@@]5(C)COc6ccccc65)CC[C@]4(C)[C@H]3CC[C@]12C. The van der Waals surface area contributed by atoms with Gasteiger partial charge in [0.2, 0.25) is 0 Å². The Morgan fingerprint density at radius 3 is 2.74 bits per heavy atom. The van der Waals surface area contributed by atoms with Crippen molar-refractivity contribution in [1.82, 2.24) is 0 Å². The maximum absolute atomic E-state index is 11.7. The quantitative estimate of drug-likeness (QED) is 0.449. The highest BCUT2D eigenvalue weighted by molar-refractivity contribution is 5.66. The lowest BCUT2D eigenvalue weighted by atomic mass is 9.48. The van der Waals surface area contributed by atoms with Crippen LogP contribution >= 0.6 is 0 Å². The summed E-state index contributed by atoms with van der Waals surface area (Å²) in [4.78, 5) is 11.7. The van der Waals surface area contributed by atoms with Gasteiger partial charge in [0.1, 0.15) is 11.9 Å². The van der Waals surface area contributed by atoms with Gasteiger partial charge >= 0.3 is 5.97 Å². The molecule has 0 N–H and O–H groups in total. The molecule has 0 radical (unpaired) electrons. The first-order chi connectivity index (χ1) is 16.2. The molecule has 182 valence electrons. The van der Waals surface area contributed by atoms with Crippen LogP contribution in [-0.4, -0.2) is 18.7 Å². The molecule has 4 aliphatic carbocycles. The van der Waals surface area contributed by atoms with E-state index in [0.717, 1.165) is 37.0 Å². The molecule has 0 saturated heterocycles. The van der Waals surface area contributed by atoms with Crippen molar-refractivity contribution in [1.29, 1.82) is 0 Å². The van der Waals surface area contributed by atoms with Crippen LogP contribution in [0.25, 0.3) is 0 Å². The number of carbonyl (C=O) groups excluding carboxylic acids is 1. The molecule has 3 heteroatoms. The van der Waals surface area contributed by atoms with E-state index in [9.17, 15) is 4.79 Å². The summed E-state index contributed by atoms with van der Waals surface area (Å²) in [6.07, 6.45) is 14.8. The number of fused-ring (bicyclic) bond motifs is 6. The van der Waals surface area contributed by atoms with Crippen LogP contribution in [0.15, 0.2) is 47.6 Å². The van der Waals surface area contributed by atoms with Crippen molar-refractivity contribution >= 4 is 5.97 Å². The van der Waals surface area contributed by atoms with Gasteiger partial charge in [-0.15, -0.1) is 0 Å². The van der Waals surface area contributed by atoms with E-state index in [2.05, 4.69) is 57.2 Å². The second kappa shape index (κ2) is 7.73. The average Bonchev–Trinajstić information content (AvgIpc) is 3.31. The first-order valence-electron chi connectivity index (χ1n) is 13.5. The Morgan fingerprint density at radius 1 is 1.09 bits per heavy atom. The van der Waals surface area contributed by atoms with E-state index < -0.39 is 0 Å². The molecular formula is C31H40O3. The molecule has 3 nitrogen and oxygen atoms in total. The number of hydrogen-bond acceptors (Lipinski definition) is 3. The fourth-order valence-corrected chi connectivity index (χ4v) is 8.92. The topological polar surface area (TPSA) is 35.5 Å². The molecule has 1 aromatic carbocycles. The number of ether oxygens (including phenoxy) is 2. The van der Waals surface area contributed by atoms with Gasteiger partial charge in [0.05, 0.1) is 6.61 Å². The lowest BCUT2D eigenvalue weighted by Crippen LogP contribution is -2.50. The Hall–Kier alpha value is -2.03. The molecule has 1 aromatic rings. The van der Waals surface area contributed by atoms with Gasteiger partial charge in [-0.2, -0.15) is 0 Å². The van der Waals surface area contributed by atoms with Crippen molar-refractivity contribution in [2.24, 2.45) is 28.6 Å². The van der Waals surface area contributed by atoms with Gasteiger partial charge in [-0.05, 0) is 86.2 Å². The maximum Gasteiger partial charge on any atom is 0.302 e. The monoisotopic (exact) mass is 460 g/mol. The van der Waals surface area contributed by atoms with Crippen molar-refractivity contribution in [3.8, 4) is 5.75 Å². The van der Waals surface area contributed by atoms with E-state index in [1.807, 2.05) is 0 Å². The van der Waals surface area contributed by atoms with Gasteiger partial charge in [0.15, 0.2) is 0 Å². The highest BCUT2D eigenvalue weighted by Crippen LogP contribution is 2.65. The standard InChI is InChI=1S/C31H40O3/c1-20(32)34-28-12-11-24-23-10-9-22-17-21(13-15-30(22,3)25(23)14-16-31(24,28)4)18-29(2)19-33-27-8-6-5-7-26(27)29/h5-9,17,23-25,28H,10-16,18-19H2,1-4H3/t23-,24-,25-,28-,29-,30-,31-/m0/s1. The summed E-state index contributed by atoms with van der Waals surface area (Å²) in [5.74, 6) is 3.13. The number of carbonyl (C=O) groups is 1. The van der Waals surface area contributed by atoms with Crippen molar-refractivity contribution in [3.63, 3.8) is 0 Å². The molecule has 0 bridgehead atoms. The van der Waals surface area contributed by atoms with Gasteiger partial charge in [-0.3, -0.25) is 4.79 Å². The lowest BCUT2D eigenvalue weighted by molar-refractivity contribution is -0.156. The third-order valence-corrected chi connectivity index (χ3v) is 10.8. The molecule has 0 spiro atoms. The fraction of sp³-hybridized carbons (Fsp3) is 0.645.